The predicted molar refractivity (Wildman–Crippen MR) is 73.1 cm³/mol. The smallest absolute Gasteiger partial charge is 0.0475 e. The maximum atomic E-state index is 6.02. The summed E-state index contributed by atoms with van der Waals surface area (Å²) in [5.74, 6) is 0. The molecular formula is C15H24N2. The molecule has 2 N–H and O–H groups in total. The minimum absolute atomic E-state index is 0.396. The van der Waals surface area contributed by atoms with Gasteiger partial charge in [0.05, 0.1) is 0 Å². The van der Waals surface area contributed by atoms with Gasteiger partial charge < -0.3 is 5.73 Å². The number of hydrogen-bond acceptors (Lipinski definition) is 2. The highest BCUT2D eigenvalue weighted by Crippen LogP contribution is 2.34. The van der Waals surface area contributed by atoms with E-state index in [2.05, 4.69) is 43.9 Å². The molecule has 1 unspecified atom stereocenters. The first-order chi connectivity index (χ1) is 8.17. The Hall–Kier alpha value is -0.860. The number of likely N-dealkylation sites (N-methyl/N-ethyl adjacent to an activating group) is 1. The molecule has 0 saturated heterocycles. The van der Waals surface area contributed by atoms with Crippen LogP contribution in [-0.4, -0.2) is 24.0 Å². The van der Waals surface area contributed by atoms with E-state index in [0.717, 1.165) is 12.6 Å². The average molecular weight is 232 g/mol. The van der Waals surface area contributed by atoms with Gasteiger partial charge in [-0.05, 0) is 44.4 Å². The minimum atomic E-state index is 0.396. The molecule has 2 heteroatoms. The van der Waals surface area contributed by atoms with Gasteiger partial charge in [-0.15, -0.1) is 0 Å². The molecule has 2 rings (SSSR count). The molecular weight excluding hydrogens is 208 g/mol. The van der Waals surface area contributed by atoms with Crippen molar-refractivity contribution in [1.29, 1.82) is 0 Å². The molecule has 0 aromatic heterocycles. The fraction of sp³-hybridized carbons (Fsp3) is 0.600. The highest BCUT2D eigenvalue weighted by molar-refractivity contribution is 5.33. The lowest BCUT2D eigenvalue weighted by Crippen LogP contribution is -2.35. The van der Waals surface area contributed by atoms with Gasteiger partial charge in [-0.1, -0.05) is 30.7 Å². The van der Waals surface area contributed by atoms with E-state index in [1.54, 1.807) is 0 Å². The van der Waals surface area contributed by atoms with Crippen LogP contribution in [0.25, 0.3) is 0 Å². The van der Waals surface area contributed by atoms with Crippen LogP contribution >= 0.6 is 0 Å². The highest BCUT2D eigenvalue weighted by atomic mass is 15.2. The molecule has 1 aromatic carbocycles. The van der Waals surface area contributed by atoms with Gasteiger partial charge in [0.1, 0.15) is 0 Å². The van der Waals surface area contributed by atoms with Crippen LogP contribution in [0.15, 0.2) is 18.2 Å². The Morgan fingerprint density at radius 2 is 2.06 bits per heavy atom. The maximum absolute atomic E-state index is 6.02. The van der Waals surface area contributed by atoms with Crippen LogP contribution in [0.5, 0.6) is 0 Å². The molecule has 1 aliphatic carbocycles. The third-order valence-corrected chi connectivity index (χ3v) is 3.80. The van der Waals surface area contributed by atoms with E-state index in [4.69, 9.17) is 5.73 Å². The van der Waals surface area contributed by atoms with Gasteiger partial charge in [-0.25, -0.2) is 0 Å². The summed E-state index contributed by atoms with van der Waals surface area (Å²) in [6, 6.07) is 7.87. The van der Waals surface area contributed by atoms with Crippen LogP contribution in [0.2, 0.25) is 0 Å². The SMILES string of the molecule is CCN(C1CC1)C(CN)c1cc(C)ccc1C. The largest absolute Gasteiger partial charge is 0.329 e. The van der Waals surface area contributed by atoms with Crippen LogP contribution < -0.4 is 5.73 Å². The molecule has 0 amide bonds. The van der Waals surface area contributed by atoms with Crippen LogP contribution in [0.4, 0.5) is 0 Å². The van der Waals surface area contributed by atoms with Crippen molar-refractivity contribution in [2.45, 2.75) is 45.7 Å². The van der Waals surface area contributed by atoms with E-state index < -0.39 is 0 Å². The molecule has 1 aliphatic rings. The van der Waals surface area contributed by atoms with E-state index in [0.29, 0.717) is 12.6 Å². The average Bonchev–Trinajstić information content (AvgIpc) is 3.13. The van der Waals surface area contributed by atoms with Gasteiger partial charge in [0.15, 0.2) is 0 Å². The first-order valence-corrected chi connectivity index (χ1v) is 6.70. The minimum Gasteiger partial charge on any atom is -0.329 e. The van der Waals surface area contributed by atoms with E-state index in [-0.39, 0.29) is 0 Å². The first kappa shape index (κ1) is 12.6. The summed E-state index contributed by atoms with van der Waals surface area (Å²) in [6.07, 6.45) is 2.68. The van der Waals surface area contributed by atoms with Gasteiger partial charge in [-0.2, -0.15) is 0 Å². The van der Waals surface area contributed by atoms with Crippen molar-refractivity contribution in [2.75, 3.05) is 13.1 Å². The number of hydrogen-bond donors (Lipinski definition) is 1. The van der Waals surface area contributed by atoms with Crippen molar-refractivity contribution in [3.63, 3.8) is 0 Å². The number of rotatable bonds is 5. The Bertz CT molecular complexity index is 383. The molecule has 17 heavy (non-hydrogen) atoms. The Kier molecular flexibility index (Phi) is 3.85. The fourth-order valence-electron chi connectivity index (χ4n) is 2.70. The Labute approximate surface area is 105 Å². The van der Waals surface area contributed by atoms with E-state index in [1.165, 1.54) is 29.5 Å². The normalized spacial score (nSPS) is 17.5. The molecule has 1 atom stereocenters. The third kappa shape index (κ3) is 2.70. The summed E-state index contributed by atoms with van der Waals surface area (Å²) in [4.78, 5) is 2.57. The molecule has 0 bridgehead atoms. The van der Waals surface area contributed by atoms with E-state index in [9.17, 15) is 0 Å². The zero-order valence-electron chi connectivity index (χ0n) is 11.2. The second kappa shape index (κ2) is 5.19. The lowest BCUT2D eigenvalue weighted by atomic mass is 9.97. The second-order valence-electron chi connectivity index (χ2n) is 5.17. The standard InChI is InChI=1S/C15H24N2/c1-4-17(13-7-8-13)15(10-16)14-9-11(2)5-6-12(14)3/h5-6,9,13,15H,4,7-8,10,16H2,1-3H3. The van der Waals surface area contributed by atoms with E-state index >= 15 is 0 Å². The monoisotopic (exact) mass is 232 g/mol. The first-order valence-electron chi connectivity index (χ1n) is 6.70. The zero-order valence-corrected chi connectivity index (χ0v) is 11.2. The topological polar surface area (TPSA) is 29.3 Å². The Morgan fingerprint density at radius 3 is 2.59 bits per heavy atom. The van der Waals surface area contributed by atoms with Crippen LogP contribution in [0, 0.1) is 13.8 Å². The summed E-state index contributed by atoms with van der Waals surface area (Å²) in [5.41, 5.74) is 10.1. The lowest BCUT2D eigenvalue weighted by Gasteiger charge is -2.31. The van der Waals surface area contributed by atoms with Crippen LogP contribution in [0.1, 0.15) is 42.5 Å². The summed E-state index contributed by atoms with van der Waals surface area (Å²) in [7, 11) is 0. The highest BCUT2D eigenvalue weighted by Gasteiger charge is 2.33. The molecule has 0 radical (unpaired) electrons. The fourth-order valence-corrected chi connectivity index (χ4v) is 2.70. The summed E-state index contributed by atoms with van der Waals surface area (Å²) >= 11 is 0. The van der Waals surface area contributed by atoms with Crippen molar-refractivity contribution in [2.24, 2.45) is 5.73 Å². The summed E-state index contributed by atoms with van der Waals surface area (Å²) < 4.78 is 0. The molecule has 1 fully saturated rings. The lowest BCUT2D eigenvalue weighted by molar-refractivity contribution is 0.201. The van der Waals surface area contributed by atoms with Crippen molar-refractivity contribution in [1.82, 2.24) is 4.90 Å². The van der Waals surface area contributed by atoms with Crippen molar-refractivity contribution in [3.05, 3.63) is 34.9 Å². The quantitative estimate of drug-likeness (QED) is 0.846. The maximum Gasteiger partial charge on any atom is 0.0475 e. The number of benzene rings is 1. The molecule has 0 spiro atoms. The van der Waals surface area contributed by atoms with Crippen molar-refractivity contribution in [3.8, 4) is 0 Å². The number of nitrogens with zero attached hydrogens (tertiary/aromatic N) is 1. The number of aryl methyl sites for hydroxylation is 2. The molecule has 2 nitrogen and oxygen atoms in total. The zero-order chi connectivity index (χ0) is 12.4. The summed E-state index contributed by atoms with van der Waals surface area (Å²) in [6.45, 7) is 8.41. The van der Waals surface area contributed by atoms with Crippen molar-refractivity contribution < 1.29 is 0 Å². The Morgan fingerprint density at radius 1 is 1.35 bits per heavy atom. The van der Waals surface area contributed by atoms with Crippen molar-refractivity contribution >= 4 is 0 Å². The number of nitrogens with two attached hydrogens (primary N) is 1. The van der Waals surface area contributed by atoms with Gasteiger partial charge in [0.2, 0.25) is 0 Å². The second-order valence-corrected chi connectivity index (χ2v) is 5.17. The van der Waals surface area contributed by atoms with Gasteiger partial charge in [0.25, 0.3) is 0 Å². The van der Waals surface area contributed by atoms with Gasteiger partial charge in [0, 0.05) is 18.6 Å². The van der Waals surface area contributed by atoms with Gasteiger partial charge >= 0.3 is 0 Å². The summed E-state index contributed by atoms with van der Waals surface area (Å²) in [5, 5.41) is 0. The Balaban J connectivity index is 2.29. The van der Waals surface area contributed by atoms with Gasteiger partial charge in [-0.3, -0.25) is 4.90 Å². The van der Waals surface area contributed by atoms with Crippen LogP contribution in [0.3, 0.4) is 0 Å². The molecule has 0 heterocycles. The predicted octanol–water partition coefficient (Wildman–Crippen LogP) is 2.79. The molecule has 94 valence electrons. The molecule has 1 aromatic rings. The van der Waals surface area contributed by atoms with Crippen LogP contribution in [-0.2, 0) is 0 Å². The molecule has 1 saturated carbocycles. The van der Waals surface area contributed by atoms with E-state index in [1.807, 2.05) is 0 Å². The third-order valence-electron chi connectivity index (χ3n) is 3.80. The molecule has 0 aliphatic heterocycles.